The molecule has 0 saturated heterocycles. The van der Waals surface area contributed by atoms with E-state index >= 15 is 0 Å². The summed E-state index contributed by atoms with van der Waals surface area (Å²) in [6.07, 6.45) is 2.70. The van der Waals surface area contributed by atoms with Crippen molar-refractivity contribution in [2.24, 2.45) is 11.7 Å². The van der Waals surface area contributed by atoms with E-state index in [4.69, 9.17) is 15.9 Å². The van der Waals surface area contributed by atoms with E-state index in [1.807, 2.05) is 19.9 Å². The van der Waals surface area contributed by atoms with Gasteiger partial charge in [0.1, 0.15) is 5.84 Å². The first-order valence-electron chi connectivity index (χ1n) is 5.88. The third-order valence-electron chi connectivity index (χ3n) is 2.51. The molecule has 1 unspecified atom stereocenters. The Labute approximate surface area is 103 Å². The van der Waals surface area contributed by atoms with Gasteiger partial charge in [0.15, 0.2) is 0 Å². The van der Waals surface area contributed by atoms with Crippen molar-refractivity contribution < 1.29 is 4.74 Å². The van der Waals surface area contributed by atoms with E-state index in [1.54, 1.807) is 6.20 Å². The molecule has 0 aromatic carbocycles. The minimum Gasteiger partial charge on any atom is -0.474 e. The summed E-state index contributed by atoms with van der Waals surface area (Å²) in [6, 6.07) is 1.83. The summed E-state index contributed by atoms with van der Waals surface area (Å²) in [7, 11) is 0. The second kappa shape index (κ2) is 5.66. The Morgan fingerprint density at radius 2 is 2.12 bits per heavy atom. The van der Waals surface area contributed by atoms with Crippen molar-refractivity contribution in [3.63, 3.8) is 0 Å². The van der Waals surface area contributed by atoms with Crippen molar-refractivity contribution in [1.29, 1.82) is 5.41 Å². The molecule has 0 spiro atoms. The number of pyridine rings is 1. The predicted octanol–water partition coefficient (Wildman–Crippen LogP) is 2.49. The fourth-order valence-corrected chi connectivity index (χ4v) is 1.85. The van der Waals surface area contributed by atoms with Crippen LogP contribution in [-0.4, -0.2) is 16.9 Å². The van der Waals surface area contributed by atoms with E-state index in [2.05, 4.69) is 18.8 Å². The fourth-order valence-electron chi connectivity index (χ4n) is 1.85. The lowest BCUT2D eigenvalue weighted by atomic mass is 10.1. The summed E-state index contributed by atoms with van der Waals surface area (Å²) >= 11 is 0. The smallest absolute Gasteiger partial charge is 0.225 e. The van der Waals surface area contributed by atoms with Crippen LogP contribution in [0.15, 0.2) is 12.3 Å². The molecule has 0 aliphatic heterocycles. The van der Waals surface area contributed by atoms with Crippen LogP contribution >= 0.6 is 0 Å². The highest BCUT2D eigenvalue weighted by Crippen LogP contribution is 2.21. The molecule has 0 amide bonds. The zero-order valence-corrected chi connectivity index (χ0v) is 10.9. The molecule has 1 atom stereocenters. The topological polar surface area (TPSA) is 72.0 Å². The number of nitrogens with two attached hydrogens (primary N) is 1. The van der Waals surface area contributed by atoms with Gasteiger partial charge in [0.05, 0.1) is 11.7 Å². The molecule has 94 valence electrons. The molecule has 0 saturated carbocycles. The highest BCUT2D eigenvalue weighted by atomic mass is 16.5. The third kappa shape index (κ3) is 3.73. The predicted molar refractivity (Wildman–Crippen MR) is 69.5 cm³/mol. The Hall–Kier alpha value is -1.58. The van der Waals surface area contributed by atoms with Crippen LogP contribution in [0, 0.1) is 18.3 Å². The lowest BCUT2D eigenvalue weighted by Crippen LogP contribution is -2.20. The van der Waals surface area contributed by atoms with Crippen molar-refractivity contribution >= 4 is 5.84 Å². The number of amidine groups is 1. The van der Waals surface area contributed by atoms with E-state index in [-0.39, 0.29) is 11.9 Å². The highest BCUT2D eigenvalue weighted by molar-refractivity contribution is 5.98. The number of hydrogen-bond acceptors (Lipinski definition) is 3. The maximum atomic E-state index is 7.56. The van der Waals surface area contributed by atoms with Crippen molar-refractivity contribution in [2.75, 3.05) is 0 Å². The monoisotopic (exact) mass is 235 g/mol. The summed E-state index contributed by atoms with van der Waals surface area (Å²) in [4.78, 5) is 4.16. The standard InChI is InChI=1S/C13H21N3O/c1-8(2)7-10(4)17-13-11(12(14)15)9(3)5-6-16-13/h5-6,8,10H,7H2,1-4H3,(H3,14,15). The van der Waals surface area contributed by atoms with E-state index in [0.29, 0.717) is 17.4 Å². The van der Waals surface area contributed by atoms with Gasteiger partial charge in [0, 0.05) is 6.20 Å². The molecule has 3 N–H and O–H groups in total. The number of nitrogens with one attached hydrogen (secondary N) is 1. The minimum absolute atomic E-state index is 0.00217. The second-order valence-corrected chi connectivity index (χ2v) is 4.78. The van der Waals surface area contributed by atoms with Gasteiger partial charge in [0.2, 0.25) is 5.88 Å². The molecule has 0 fully saturated rings. The zero-order valence-electron chi connectivity index (χ0n) is 10.9. The number of aryl methyl sites for hydroxylation is 1. The molecule has 1 heterocycles. The number of nitrogen functional groups attached to an aromatic ring is 1. The normalized spacial score (nSPS) is 12.5. The van der Waals surface area contributed by atoms with Crippen molar-refractivity contribution in [2.45, 2.75) is 40.2 Å². The van der Waals surface area contributed by atoms with Gasteiger partial charge in [0.25, 0.3) is 0 Å². The Kier molecular flexibility index (Phi) is 4.49. The molecular formula is C13H21N3O. The fraction of sp³-hybridized carbons (Fsp3) is 0.538. The van der Waals surface area contributed by atoms with Gasteiger partial charge < -0.3 is 10.5 Å². The van der Waals surface area contributed by atoms with Gasteiger partial charge in [-0.05, 0) is 37.8 Å². The SMILES string of the molecule is Cc1ccnc(OC(C)CC(C)C)c1C(=N)N. The molecule has 1 aromatic rings. The average Bonchev–Trinajstić information content (AvgIpc) is 2.15. The zero-order chi connectivity index (χ0) is 13.0. The van der Waals surface area contributed by atoms with E-state index in [9.17, 15) is 0 Å². The van der Waals surface area contributed by atoms with Crippen LogP contribution in [0.3, 0.4) is 0 Å². The maximum absolute atomic E-state index is 7.56. The van der Waals surface area contributed by atoms with Crippen LogP contribution in [0.2, 0.25) is 0 Å². The Morgan fingerprint density at radius 3 is 2.65 bits per heavy atom. The molecule has 17 heavy (non-hydrogen) atoms. The third-order valence-corrected chi connectivity index (χ3v) is 2.51. The molecule has 0 bridgehead atoms. The summed E-state index contributed by atoms with van der Waals surface area (Å²) in [5.41, 5.74) is 7.07. The van der Waals surface area contributed by atoms with E-state index < -0.39 is 0 Å². The molecule has 0 aliphatic carbocycles. The van der Waals surface area contributed by atoms with Crippen LogP contribution in [0.25, 0.3) is 0 Å². The van der Waals surface area contributed by atoms with Gasteiger partial charge in [-0.1, -0.05) is 13.8 Å². The molecule has 4 heteroatoms. The Morgan fingerprint density at radius 1 is 1.47 bits per heavy atom. The number of rotatable bonds is 5. The average molecular weight is 235 g/mol. The first-order valence-corrected chi connectivity index (χ1v) is 5.88. The van der Waals surface area contributed by atoms with Crippen LogP contribution in [-0.2, 0) is 0 Å². The highest BCUT2D eigenvalue weighted by Gasteiger charge is 2.14. The van der Waals surface area contributed by atoms with Gasteiger partial charge in [-0.15, -0.1) is 0 Å². The van der Waals surface area contributed by atoms with E-state index in [0.717, 1.165) is 12.0 Å². The van der Waals surface area contributed by atoms with Gasteiger partial charge in [-0.25, -0.2) is 4.98 Å². The molecule has 0 radical (unpaired) electrons. The first-order chi connectivity index (χ1) is 7.91. The summed E-state index contributed by atoms with van der Waals surface area (Å²) in [6.45, 7) is 8.21. The number of aromatic nitrogens is 1. The number of nitrogens with zero attached hydrogens (tertiary/aromatic N) is 1. The molecule has 1 rings (SSSR count). The van der Waals surface area contributed by atoms with Gasteiger partial charge in [-0.2, -0.15) is 0 Å². The lowest BCUT2D eigenvalue weighted by molar-refractivity contribution is 0.185. The molecular weight excluding hydrogens is 214 g/mol. The summed E-state index contributed by atoms with van der Waals surface area (Å²) < 4.78 is 5.77. The lowest BCUT2D eigenvalue weighted by Gasteiger charge is -2.18. The summed E-state index contributed by atoms with van der Waals surface area (Å²) in [5.74, 6) is 1.03. The van der Waals surface area contributed by atoms with Crippen LogP contribution in [0.1, 0.15) is 38.3 Å². The first kappa shape index (κ1) is 13.5. The van der Waals surface area contributed by atoms with E-state index in [1.165, 1.54) is 0 Å². The second-order valence-electron chi connectivity index (χ2n) is 4.78. The molecule has 0 aliphatic rings. The van der Waals surface area contributed by atoms with Crippen molar-refractivity contribution in [3.8, 4) is 5.88 Å². The van der Waals surface area contributed by atoms with Gasteiger partial charge in [-0.3, -0.25) is 5.41 Å². The molecule has 1 aromatic heterocycles. The van der Waals surface area contributed by atoms with Crippen LogP contribution < -0.4 is 10.5 Å². The van der Waals surface area contributed by atoms with Crippen LogP contribution in [0.5, 0.6) is 5.88 Å². The number of hydrogen-bond donors (Lipinski definition) is 2. The van der Waals surface area contributed by atoms with Crippen molar-refractivity contribution in [1.82, 2.24) is 4.98 Å². The summed E-state index contributed by atoms with van der Waals surface area (Å²) in [5, 5.41) is 7.56. The Bertz CT molecular complexity index is 402. The number of ether oxygens (including phenoxy) is 1. The largest absolute Gasteiger partial charge is 0.474 e. The maximum Gasteiger partial charge on any atom is 0.225 e. The van der Waals surface area contributed by atoms with Crippen LogP contribution in [0.4, 0.5) is 0 Å². The quantitative estimate of drug-likeness (QED) is 0.608. The molecule has 4 nitrogen and oxygen atoms in total. The van der Waals surface area contributed by atoms with Crippen molar-refractivity contribution in [3.05, 3.63) is 23.4 Å². The Balaban J connectivity index is 2.91. The van der Waals surface area contributed by atoms with Gasteiger partial charge >= 0.3 is 0 Å². The minimum atomic E-state index is 0.00217.